The topological polar surface area (TPSA) is 49.9 Å². The zero-order chi connectivity index (χ0) is 17.6. The Kier molecular flexibility index (Phi) is 4.94. The normalized spacial score (nSPS) is 10.9. The van der Waals surface area contributed by atoms with Gasteiger partial charge < -0.3 is 15.0 Å². The van der Waals surface area contributed by atoms with Crippen LogP contribution in [0.3, 0.4) is 0 Å². The molecule has 0 aliphatic heterocycles. The summed E-state index contributed by atoms with van der Waals surface area (Å²) in [6.07, 6.45) is 6.56. The molecule has 2 aromatic carbocycles. The van der Waals surface area contributed by atoms with E-state index in [4.69, 9.17) is 4.74 Å². The van der Waals surface area contributed by atoms with E-state index in [0.29, 0.717) is 0 Å². The molecule has 0 atom stereocenters. The highest BCUT2D eigenvalue weighted by atomic mass is 16.5. The van der Waals surface area contributed by atoms with Gasteiger partial charge in [-0.1, -0.05) is 30.3 Å². The van der Waals surface area contributed by atoms with Gasteiger partial charge in [0.1, 0.15) is 11.5 Å². The van der Waals surface area contributed by atoms with E-state index in [-0.39, 0.29) is 0 Å². The number of para-hydroxylation sites is 1. The number of rotatable bonds is 7. The Morgan fingerprint density at radius 3 is 2.73 bits per heavy atom. The second kappa shape index (κ2) is 7.85. The molecule has 0 amide bonds. The van der Waals surface area contributed by atoms with Crippen molar-refractivity contribution in [1.29, 1.82) is 0 Å². The van der Waals surface area contributed by atoms with Gasteiger partial charge in [0, 0.05) is 36.0 Å². The summed E-state index contributed by atoms with van der Waals surface area (Å²) in [6, 6.07) is 20.3. The van der Waals surface area contributed by atoms with Crippen LogP contribution in [-0.2, 0) is 13.0 Å². The number of nitrogens with one attached hydrogen (secondary N) is 2. The lowest BCUT2D eigenvalue weighted by molar-refractivity contribution is 0.481. The fourth-order valence-electron chi connectivity index (χ4n) is 3.06. The standard InChI is InChI=1S/C22H21N3O/c1-2-7-22-21(6-1)18(16-25-22)8-11-24-15-17-4-3-5-20(14-17)26-19-9-12-23-13-10-19/h1-7,9-10,12-14,16,24-25H,8,11,15H2. The average Bonchev–Trinajstić information content (AvgIpc) is 3.10. The van der Waals surface area contributed by atoms with Crippen molar-refractivity contribution in [3.8, 4) is 11.5 Å². The lowest BCUT2D eigenvalue weighted by atomic mass is 10.1. The molecule has 2 N–H and O–H groups in total. The third-order valence-corrected chi connectivity index (χ3v) is 4.36. The lowest BCUT2D eigenvalue weighted by Gasteiger charge is -2.08. The van der Waals surface area contributed by atoms with Gasteiger partial charge in [0.15, 0.2) is 0 Å². The third-order valence-electron chi connectivity index (χ3n) is 4.36. The van der Waals surface area contributed by atoms with Crippen LogP contribution in [0.4, 0.5) is 0 Å². The van der Waals surface area contributed by atoms with Crippen LogP contribution in [0, 0.1) is 0 Å². The minimum Gasteiger partial charge on any atom is -0.457 e. The molecule has 4 nitrogen and oxygen atoms in total. The van der Waals surface area contributed by atoms with Crippen LogP contribution in [0.1, 0.15) is 11.1 Å². The van der Waals surface area contributed by atoms with Gasteiger partial charge in [-0.05, 0) is 54.4 Å². The summed E-state index contributed by atoms with van der Waals surface area (Å²) in [6.45, 7) is 1.74. The summed E-state index contributed by atoms with van der Waals surface area (Å²) in [7, 11) is 0. The molecule has 0 bridgehead atoms. The van der Waals surface area contributed by atoms with Crippen molar-refractivity contribution in [3.05, 3.63) is 90.4 Å². The van der Waals surface area contributed by atoms with Crippen molar-refractivity contribution in [3.63, 3.8) is 0 Å². The Balaban J connectivity index is 1.31. The van der Waals surface area contributed by atoms with Crippen LogP contribution in [0.2, 0.25) is 0 Å². The van der Waals surface area contributed by atoms with E-state index in [9.17, 15) is 0 Å². The maximum atomic E-state index is 5.86. The van der Waals surface area contributed by atoms with Crippen LogP contribution < -0.4 is 10.1 Å². The maximum Gasteiger partial charge on any atom is 0.130 e. The lowest BCUT2D eigenvalue weighted by Crippen LogP contribution is -2.16. The smallest absolute Gasteiger partial charge is 0.130 e. The summed E-state index contributed by atoms with van der Waals surface area (Å²) in [5, 5.41) is 4.82. The van der Waals surface area contributed by atoms with Crippen molar-refractivity contribution < 1.29 is 4.74 Å². The molecule has 130 valence electrons. The molecule has 0 saturated heterocycles. The van der Waals surface area contributed by atoms with E-state index in [1.807, 2.05) is 24.3 Å². The van der Waals surface area contributed by atoms with Gasteiger partial charge in [0.05, 0.1) is 0 Å². The molecule has 0 aliphatic carbocycles. The predicted molar refractivity (Wildman–Crippen MR) is 104 cm³/mol. The molecule has 2 heterocycles. The van der Waals surface area contributed by atoms with Crippen molar-refractivity contribution in [2.45, 2.75) is 13.0 Å². The van der Waals surface area contributed by atoms with Crippen LogP contribution in [0.25, 0.3) is 10.9 Å². The molecular weight excluding hydrogens is 322 g/mol. The summed E-state index contributed by atoms with van der Waals surface area (Å²) < 4.78 is 5.86. The fourth-order valence-corrected chi connectivity index (χ4v) is 3.06. The first-order valence-electron chi connectivity index (χ1n) is 8.81. The number of benzene rings is 2. The van der Waals surface area contributed by atoms with Crippen LogP contribution in [-0.4, -0.2) is 16.5 Å². The minimum atomic E-state index is 0.796. The zero-order valence-electron chi connectivity index (χ0n) is 14.5. The van der Waals surface area contributed by atoms with E-state index in [0.717, 1.165) is 31.0 Å². The molecule has 26 heavy (non-hydrogen) atoms. The summed E-state index contributed by atoms with van der Waals surface area (Å²) in [4.78, 5) is 7.33. The second-order valence-electron chi connectivity index (χ2n) is 6.22. The molecular formula is C22H21N3O. The molecule has 0 spiro atoms. The van der Waals surface area contributed by atoms with Gasteiger partial charge in [-0.25, -0.2) is 0 Å². The van der Waals surface area contributed by atoms with Gasteiger partial charge in [0.2, 0.25) is 0 Å². The number of H-pyrrole nitrogens is 1. The van der Waals surface area contributed by atoms with E-state index < -0.39 is 0 Å². The van der Waals surface area contributed by atoms with E-state index in [1.165, 1.54) is 22.0 Å². The highest BCUT2D eigenvalue weighted by Gasteiger charge is 2.03. The molecule has 4 rings (SSSR count). The Hall–Kier alpha value is -3.11. The summed E-state index contributed by atoms with van der Waals surface area (Å²) in [5.41, 5.74) is 3.75. The highest BCUT2D eigenvalue weighted by Crippen LogP contribution is 2.21. The SMILES string of the molecule is c1cc(CNCCc2c[nH]c3ccccc23)cc(Oc2ccncc2)c1. The fraction of sp³-hybridized carbons (Fsp3) is 0.136. The van der Waals surface area contributed by atoms with E-state index in [2.05, 4.69) is 57.9 Å². The van der Waals surface area contributed by atoms with Gasteiger partial charge in [-0.2, -0.15) is 0 Å². The third kappa shape index (κ3) is 3.92. The van der Waals surface area contributed by atoms with Crippen molar-refractivity contribution in [2.24, 2.45) is 0 Å². The van der Waals surface area contributed by atoms with Crippen molar-refractivity contribution >= 4 is 10.9 Å². The van der Waals surface area contributed by atoms with Crippen LogP contribution in [0.15, 0.2) is 79.3 Å². The number of nitrogens with zero attached hydrogens (tertiary/aromatic N) is 1. The second-order valence-corrected chi connectivity index (χ2v) is 6.22. The van der Waals surface area contributed by atoms with E-state index in [1.54, 1.807) is 12.4 Å². The monoisotopic (exact) mass is 343 g/mol. The Morgan fingerprint density at radius 2 is 1.81 bits per heavy atom. The van der Waals surface area contributed by atoms with Gasteiger partial charge in [-0.15, -0.1) is 0 Å². The van der Waals surface area contributed by atoms with E-state index >= 15 is 0 Å². The average molecular weight is 343 g/mol. The van der Waals surface area contributed by atoms with Gasteiger partial charge >= 0.3 is 0 Å². The van der Waals surface area contributed by atoms with Crippen LogP contribution >= 0.6 is 0 Å². The Bertz CT molecular complexity index is 979. The molecule has 4 heteroatoms. The molecule has 0 radical (unpaired) electrons. The first kappa shape index (κ1) is 16.4. The summed E-state index contributed by atoms with van der Waals surface area (Å²) in [5.74, 6) is 1.64. The number of ether oxygens (including phenoxy) is 1. The quantitative estimate of drug-likeness (QED) is 0.479. The molecule has 0 aliphatic rings. The highest BCUT2D eigenvalue weighted by molar-refractivity contribution is 5.83. The molecule has 0 fully saturated rings. The first-order valence-corrected chi connectivity index (χ1v) is 8.81. The van der Waals surface area contributed by atoms with Crippen LogP contribution in [0.5, 0.6) is 11.5 Å². The van der Waals surface area contributed by atoms with Gasteiger partial charge in [-0.3, -0.25) is 4.98 Å². The largest absolute Gasteiger partial charge is 0.457 e. The Labute approximate surface area is 152 Å². The van der Waals surface area contributed by atoms with Crippen molar-refractivity contribution in [2.75, 3.05) is 6.54 Å². The molecule has 2 aromatic heterocycles. The number of pyridine rings is 1. The minimum absolute atomic E-state index is 0.796. The number of hydrogen-bond acceptors (Lipinski definition) is 3. The summed E-state index contributed by atoms with van der Waals surface area (Å²) >= 11 is 0. The Morgan fingerprint density at radius 1 is 0.923 bits per heavy atom. The first-order chi connectivity index (χ1) is 12.9. The number of hydrogen-bond donors (Lipinski definition) is 2. The zero-order valence-corrected chi connectivity index (χ0v) is 14.5. The number of aromatic amines is 1. The maximum absolute atomic E-state index is 5.86. The number of aromatic nitrogens is 2. The molecule has 0 saturated carbocycles. The number of fused-ring (bicyclic) bond motifs is 1. The van der Waals surface area contributed by atoms with Gasteiger partial charge in [0.25, 0.3) is 0 Å². The predicted octanol–water partition coefficient (Wildman–Crippen LogP) is 4.69. The van der Waals surface area contributed by atoms with Crippen molar-refractivity contribution in [1.82, 2.24) is 15.3 Å². The molecule has 0 unspecified atom stereocenters. The molecule has 4 aromatic rings.